The quantitative estimate of drug-likeness (QED) is 0.484. The van der Waals surface area contributed by atoms with Gasteiger partial charge in [0.05, 0.1) is 0 Å². The molecule has 3 rings (SSSR count). The minimum Gasteiger partial charge on any atom is -0.296 e. The summed E-state index contributed by atoms with van der Waals surface area (Å²) in [6, 6.07) is 14.6. The minimum atomic E-state index is 1.02. The van der Waals surface area contributed by atoms with Crippen LogP contribution in [0.1, 0.15) is 5.56 Å². The fourth-order valence-electron chi connectivity index (χ4n) is 2.65. The molecule has 0 atom stereocenters. The van der Waals surface area contributed by atoms with Gasteiger partial charge in [0.15, 0.2) is 0 Å². The van der Waals surface area contributed by atoms with Crippen molar-refractivity contribution in [3.8, 4) is 22.3 Å². The summed E-state index contributed by atoms with van der Waals surface area (Å²) in [4.78, 5) is 12.3. The van der Waals surface area contributed by atoms with E-state index >= 15 is 0 Å². The molecule has 0 aliphatic heterocycles. The molecule has 0 fully saturated rings. The molecule has 0 spiro atoms. The van der Waals surface area contributed by atoms with E-state index in [0.29, 0.717) is 0 Å². The maximum absolute atomic E-state index is 4.11. The second kappa shape index (κ2) is 7.97. The van der Waals surface area contributed by atoms with Crippen LogP contribution >= 0.6 is 0 Å². The van der Waals surface area contributed by atoms with Crippen molar-refractivity contribution >= 4 is 11.8 Å². The van der Waals surface area contributed by atoms with Gasteiger partial charge < -0.3 is 0 Å². The van der Waals surface area contributed by atoms with Crippen LogP contribution in [0.2, 0.25) is 0 Å². The van der Waals surface area contributed by atoms with E-state index in [0.717, 1.165) is 33.4 Å². The maximum atomic E-state index is 4.11. The molecule has 0 unspecified atom stereocenters. The predicted octanol–water partition coefficient (Wildman–Crippen LogP) is 5.08. The summed E-state index contributed by atoms with van der Waals surface area (Å²) in [5.74, 6) is 0. The number of aliphatic imine (C=N–C) groups is 1. The molecule has 3 nitrogen and oxygen atoms in total. The van der Waals surface area contributed by atoms with Crippen molar-refractivity contribution in [2.45, 2.75) is 0 Å². The Balaban J connectivity index is 2.20. The SMILES string of the molecule is C=C/C(=C\C=NC)c1cc(-c2ccncc2)cc(-c2ccncc2)c1. The number of hydrogen-bond acceptors (Lipinski definition) is 3. The van der Waals surface area contributed by atoms with Crippen LogP contribution in [0.5, 0.6) is 0 Å². The fourth-order valence-corrected chi connectivity index (χ4v) is 2.65. The van der Waals surface area contributed by atoms with E-state index in [1.54, 1.807) is 13.3 Å². The maximum Gasteiger partial charge on any atom is 0.0277 e. The summed E-state index contributed by atoms with van der Waals surface area (Å²) in [5, 5.41) is 0. The van der Waals surface area contributed by atoms with E-state index in [1.807, 2.05) is 61.2 Å². The van der Waals surface area contributed by atoms with Crippen LogP contribution in [0, 0.1) is 0 Å². The topological polar surface area (TPSA) is 38.1 Å². The third-order valence-electron chi connectivity index (χ3n) is 3.92. The summed E-state index contributed by atoms with van der Waals surface area (Å²) in [6.07, 6.45) is 12.8. The molecule has 3 heteroatoms. The molecule has 0 radical (unpaired) electrons. The zero-order valence-electron chi connectivity index (χ0n) is 14.1. The molecule has 122 valence electrons. The zero-order valence-corrected chi connectivity index (χ0v) is 14.1. The third-order valence-corrected chi connectivity index (χ3v) is 3.92. The number of rotatable bonds is 5. The van der Waals surface area contributed by atoms with Gasteiger partial charge in [0.1, 0.15) is 0 Å². The first kappa shape index (κ1) is 16.5. The van der Waals surface area contributed by atoms with Gasteiger partial charge in [0.2, 0.25) is 0 Å². The van der Waals surface area contributed by atoms with Gasteiger partial charge in [-0.3, -0.25) is 15.0 Å². The van der Waals surface area contributed by atoms with Crippen molar-refractivity contribution in [3.05, 3.63) is 91.5 Å². The van der Waals surface area contributed by atoms with E-state index in [4.69, 9.17) is 0 Å². The van der Waals surface area contributed by atoms with E-state index in [2.05, 4.69) is 39.7 Å². The Bertz CT molecular complexity index is 853. The Kier molecular flexibility index (Phi) is 5.27. The molecule has 3 aromatic rings. The molecule has 0 aliphatic carbocycles. The molecule has 0 bridgehead atoms. The van der Waals surface area contributed by atoms with Gasteiger partial charge in [-0.2, -0.15) is 0 Å². The van der Waals surface area contributed by atoms with E-state index in [1.165, 1.54) is 0 Å². The zero-order chi connectivity index (χ0) is 17.5. The molecular weight excluding hydrogens is 306 g/mol. The first-order valence-corrected chi connectivity index (χ1v) is 8.03. The first-order chi connectivity index (χ1) is 12.3. The Morgan fingerprint density at radius 2 is 1.36 bits per heavy atom. The minimum absolute atomic E-state index is 1.02. The lowest BCUT2D eigenvalue weighted by molar-refractivity contribution is 1.32. The van der Waals surface area contributed by atoms with Crippen molar-refractivity contribution in [1.82, 2.24) is 9.97 Å². The lowest BCUT2D eigenvalue weighted by atomic mass is 9.94. The van der Waals surface area contributed by atoms with E-state index < -0.39 is 0 Å². The van der Waals surface area contributed by atoms with Crippen molar-refractivity contribution in [1.29, 1.82) is 0 Å². The van der Waals surface area contributed by atoms with Crippen LogP contribution in [-0.2, 0) is 0 Å². The average molecular weight is 325 g/mol. The second-order valence-corrected chi connectivity index (χ2v) is 5.50. The van der Waals surface area contributed by atoms with Crippen LogP contribution in [0.15, 0.2) is 91.0 Å². The molecule has 0 aliphatic rings. The van der Waals surface area contributed by atoms with Gasteiger partial charge >= 0.3 is 0 Å². The van der Waals surface area contributed by atoms with Gasteiger partial charge in [-0.15, -0.1) is 0 Å². The summed E-state index contributed by atoms with van der Waals surface area (Å²) in [6.45, 7) is 3.95. The van der Waals surface area contributed by atoms with Crippen LogP contribution in [-0.4, -0.2) is 23.2 Å². The molecule has 25 heavy (non-hydrogen) atoms. The van der Waals surface area contributed by atoms with E-state index in [9.17, 15) is 0 Å². The Labute approximate surface area is 148 Å². The fraction of sp³-hybridized carbons (Fsp3) is 0.0455. The van der Waals surface area contributed by atoms with Gasteiger partial charge in [-0.25, -0.2) is 0 Å². The standard InChI is InChI=1S/C22H19N3/c1-3-17(4-9-23-2)20-14-21(18-5-10-24-11-6-18)16-22(15-20)19-7-12-25-13-8-19/h3-16H,1H2,2H3/b17-4+,23-9?. The lowest BCUT2D eigenvalue weighted by Crippen LogP contribution is -1.89. The summed E-state index contributed by atoms with van der Waals surface area (Å²) in [7, 11) is 1.76. The van der Waals surface area contributed by atoms with Crippen LogP contribution < -0.4 is 0 Å². The third kappa shape index (κ3) is 3.96. The highest BCUT2D eigenvalue weighted by Crippen LogP contribution is 2.30. The molecule has 0 amide bonds. The van der Waals surface area contributed by atoms with E-state index in [-0.39, 0.29) is 0 Å². The van der Waals surface area contributed by atoms with Crippen molar-refractivity contribution < 1.29 is 0 Å². The number of hydrogen-bond donors (Lipinski definition) is 0. The molecule has 0 N–H and O–H groups in total. The Hall–Kier alpha value is -3.33. The Morgan fingerprint density at radius 1 is 0.840 bits per heavy atom. The monoisotopic (exact) mass is 325 g/mol. The van der Waals surface area contributed by atoms with Crippen LogP contribution in [0.4, 0.5) is 0 Å². The molecular formula is C22H19N3. The molecule has 0 saturated carbocycles. The number of aromatic nitrogens is 2. The molecule has 1 aromatic carbocycles. The van der Waals surface area contributed by atoms with Crippen molar-refractivity contribution in [2.24, 2.45) is 4.99 Å². The van der Waals surface area contributed by atoms with Gasteiger partial charge in [0, 0.05) is 38.0 Å². The smallest absolute Gasteiger partial charge is 0.0277 e. The largest absolute Gasteiger partial charge is 0.296 e. The summed E-state index contributed by atoms with van der Waals surface area (Å²) in [5.41, 5.74) is 6.63. The Morgan fingerprint density at radius 3 is 1.80 bits per heavy atom. The highest BCUT2D eigenvalue weighted by atomic mass is 14.6. The number of nitrogens with zero attached hydrogens (tertiary/aromatic N) is 3. The average Bonchev–Trinajstić information content (AvgIpc) is 2.70. The second-order valence-electron chi connectivity index (χ2n) is 5.50. The van der Waals surface area contributed by atoms with Crippen LogP contribution in [0.3, 0.4) is 0 Å². The number of allylic oxidation sites excluding steroid dienone is 3. The van der Waals surface area contributed by atoms with Crippen molar-refractivity contribution in [3.63, 3.8) is 0 Å². The van der Waals surface area contributed by atoms with Crippen LogP contribution in [0.25, 0.3) is 27.8 Å². The number of benzene rings is 1. The van der Waals surface area contributed by atoms with Gasteiger partial charge in [-0.05, 0) is 81.9 Å². The normalized spacial score (nSPS) is 11.6. The van der Waals surface area contributed by atoms with Gasteiger partial charge in [-0.1, -0.05) is 12.7 Å². The summed E-state index contributed by atoms with van der Waals surface area (Å²) < 4.78 is 0. The van der Waals surface area contributed by atoms with Gasteiger partial charge in [0.25, 0.3) is 0 Å². The first-order valence-electron chi connectivity index (χ1n) is 8.03. The molecule has 0 saturated heterocycles. The predicted molar refractivity (Wildman–Crippen MR) is 105 cm³/mol. The summed E-state index contributed by atoms with van der Waals surface area (Å²) >= 11 is 0. The molecule has 2 aromatic heterocycles. The highest BCUT2D eigenvalue weighted by molar-refractivity contribution is 5.90. The lowest BCUT2D eigenvalue weighted by Gasteiger charge is -2.11. The van der Waals surface area contributed by atoms with Crippen molar-refractivity contribution in [2.75, 3.05) is 7.05 Å². The highest BCUT2D eigenvalue weighted by Gasteiger charge is 2.07. The number of pyridine rings is 2. The molecule has 2 heterocycles.